The van der Waals surface area contributed by atoms with E-state index in [4.69, 9.17) is 5.11 Å². The summed E-state index contributed by atoms with van der Waals surface area (Å²) in [5.74, 6) is -0.550. The second-order valence-electron chi connectivity index (χ2n) is 3.95. The minimum Gasteiger partial charge on any atom is -0.480 e. The number of thioether (sulfide) groups is 1. The van der Waals surface area contributed by atoms with E-state index < -0.39 is 12.0 Å². The van der Waals surface area contributed by atoms with Crippen molar-refractivity contribution in [1.29, 1.82) is 0 Å². The van der Waals surface area contributed by atoms with E-state index in [0.717, 1.165) is 17.0 Å². The van der Waals surface area contributed by atoms with Crippen LogP contribution >= 0.6 is 23.1 Å². The summed E-state index contributed by atoms with van der Waals surface area (Å²) in [6.07, 6.45) is 0. The monoisotopic (exact) mass is 288 g/mol. The molecule has 1 aliphatic heterocycles. The van der Waals surface area contributed by atoms with Crippen LogP contribution in [0.1, 0.15) is 5.69 Å². The predicted octanol–water partition coefficient (Wildman–Crippen LogP) is 0.204. The summed E-state index contributed by atoms with van der Waals surface area (Å²) >= 11 is 2.45. The van der Waals surface area contributed by atoms with Crippen LogP contribution in [0.25, 0.3) is 0 Å². The second kappa shape index (κ2) is 5.15. The molecule has 0 bridgehead atoms. The number of carbonyl (C=O) groups is 2. The van der Waals surface area contributed by atoms with Gasteiger partial charge in [-0.05, 0) is 6.92 Å². The zero-order valence-corrected chi connectivity index (χ0v) is 11.3. The smallest absolute Gasteiger partial charge is 0.327 e. The van der Waals surface area contributed by atoms with Crippen LogP contribution in [0.5, 0.6) is 0 Å². The molecule has 1 atom stereocenters. The third kappa shape index (κ3) is 2.44. The highest BCUT2D eigenvalue weighted by Gasteiger charge is 2.34. The van der Waals surface area contributed by atoms with Crippen molar-refractivity contribution >= 4 is 35.0 Å². The molecule has 18 heavy (non-hydrogen) atoms. The average molecular weight is 288 g/mol. The van der Waals surface area contributed by atoms with Crippen molar-refractivity contribution in [3.05, 3.63) is 20.7 Å². The van der Waals surface area contributed by atoms with Gasteiger partial charge in [0.15, 0.2) is 0 Å². The van der Waals surface area contributed by atoms with Crippen LogP contribution in [0.2, 0.25) is 0 Å². The lowest BCUT2D eigenvalue weighted by molar-refractivity contribution is -0.148. The Morgan fingerprint density at radius 1 is 1.56 bits per heavy atom. The molecule has 1 aromatic rings. The number of carboxylic acid groups (broad SMARTS) is 1. The zero-order chi connectivity index (χ0) is 13.3. The largest absolute Gasteiger partial charge is 0.480 e. The number of aromatic nitrogens is 1. The van der Waals surface area contributed by atoms with Crippen LogP contribution < -0.4 is 4.87 Å². The van der Waals surface area contributed by atoms with Crippen molar-refractivity contribution < 1.29 is 14.7 Å². The molecule has 2 rings (SSSR count). The van der Waals surface area contributed by atoms with Gasteiger partial charge in [-0.25, -0.2) is 4.79 Å². The van der Waals surface area contributed by atoms with E-state index in [1.165, 1.54) is 21.2 Å². The number of hydrogen-bond acceptors (Lipinski definition) is 5. The summed E-state index contributed by atoms with van der Waals surface area (Å²) in [5, 5.41) is 10.7. The first kappa shape index (κ1) is 13.2. The Morgan fingerprint density at radius 3 is 2.83 bits per heavy atom. The van der Waals surface area contributed by atoms with Crippen molar-refractivity contribution in [2.45, 2.75) is 19.5 Å². The summed E-state index contributed by atoms with van der Waals surface area (Å²) in [7, 11) is 0. The Morgan fingerprint density at radius 2 is 2.28 bits per heavy atom. The molecule has 1 unspecified atom stereocenters. The fraction of sp³-hybridized carbons (Fsp3) is 0.500. The Bertz CT molecular complexity index is 536. The van der Waals surface area contributed by atoms with Crippen LogP contribution in [-0.2, 0) is 16.1 Å². The Balaban J connectivity index is 2.13. The van der Waals surface area contributed by atoms with E-state index in [9.17, 15) is 14.4 Å². The molecule has 98 valence electrons. The summed E-state index contributed by atoms with van der Waals surface area (Å²) in [5.41, 5.74) is 0.720. The van der Waals surface area contributed by atoms with E-state index in [1.807, 2.05) is 0 Å². The summed E-state index contributed by atoms with van der Waals surface area (Å²) in [4.78, 5) is 35.6. The van der Waals surface area contributed by atoms with Crippen molar-refractivity contribution in [3.8, 4) is 0 Å². The average Bonchev–Trinajstić information content (AvgIpc) is 2.90. The van der Waals surface area contributed by atoms with Gasteiger partial charge in [-0.1, -0.05) is 11.3 Å². The maximum Gasteiger partial charge on any atom is 0.327 e. The highest BCUT2D eigenvalue weighted by Crippen LogP contribution is 2.21. The number of carboxylic acids is 1. The quantitative estimate of drug-likeness (QED) is 0.860. The number of aryl methyl sites for hydroxylation is 1. The van der Waals surface area contributed by atoms with Gasteiger partial charge in [-0.15, -0.1) is 11.8 Å². The first-order valence-corrected chi connectivity index (χ1v) is 7.29. The lowest BCUT2D eigenvalue weighted by atomic mass is 10.3. The molecule has 1 aliphatic rings. The first-order valence-electron chi connectivity index (χ1n) is 5.25. The second-order valence-corrected chi connectivity index (χ2v) is 5.77. The molecule has 1 fully saturated rings. The third-order valence-corrected chi connectivity index (χ3v) is 4.65. The summed E-state index contributed by atoms with van der Waals surface area (Å²) in [6.45, 7) is 1.66. The number of aliphatic carboxylic acids is 1. The van der Waals surface area contributed by atoms with Gasteiger partial charge in [0.05, 0.1) is 5.88 Å². The first-order chi connectivity index (χ1) is 8.50. The molecule has 1 N–H and O–H groups in total. The number of rotatable bonds is 3. The van der Waals surface area contributed by atoms with Crippen LogP contribution in [0.4, 0.5) is 0 Å². The third-order valence-electron chi connectivity index (χ3n) is 2.76. The van der Waals surface area contributed by atoms with Gasteiger partial charge in [-0.2, -0.15) is 0 Å². The van der Waals surface area contributed by atoms with Gasteiger partial charge in [0.1, 0.15) is 12.6 Å². The highest BCUT2D eigenvalue weighted by atomic mass is 32.2. The van der Waals surface area contributed by atoms with Crippen molar-refractivity contribution in [3.63, 3.8) is 0 Å². The van der Waals surface area contributed by atoms with Gasteiger partial charge < -0.3 is 10.0 Å². The van der Waals surface area contributed by atoms with Crippen molar-refractivity contribution in [2.24, 2.45) is 0 Å². The normalized spacial score (nSPS) is 19.2. The molecular weight excluding hydrogens is 276 g/mol. The van der Waals surface area contributed by atoms with Crippen LogP contribution in [-0.4, -0.2) is 44.1 Å². The topological polar surface area (TPSA) is 79.6 Å². The van der Waals surface area contributed by atoms with Crippen LogP contribution in [0, 0.1) is 6.92 Å². The number of thiazole rings is 1. The van der Waals surface area contributed by atoms with E-state index in [0.29, 0.717) is 11.6 Å². The molecule has 6 nitrogen and oxygen atoms in total. The molecule has 1 aromatic heterocycles. The number of hydrogen-bond donors (Lipinski definition) is 1. The summed E-state index contributed by atoms with van der Waals surface area (Å²) in [6, 6.07) is -0.780. The van der Waals surface area contributed by atoms with E-state index >= 15 is 0 Å². The Labute approximate surface area is 111 Å². The van der Waals surface area contributed by atoms with E-state index in [2.05, 4.69) is 0 Å². The molecule has 1 saturated heterocycles. The van der Waals surface area contributed by atoms with Gasteiger partial charge in [0, 0.05) is 16.8 Å². The number of nitrogens with zero attached hydrogens (tertiary/aromatic N) is 2. The van der Waals surface area contributed by atoms with Crippen LogP contribution in [0.3, 0.4) is 0 Å². The molecule has 0 aromatic carbocycles. The maximum atomic E-state index is 12.0. The standard InChI is InChI=1S/C10H12N2O4S2/c1-6-3-18-10(16)11(6)2-8(13)12-5-17-4-7(12)9(14)15/h3,7H,2,4-5H2,1H3,(H,14,15). The lowest BCUT2D eigenvalue weighted by Gasteiger charge is -2.20. The molecule has 0 aliphatic carbocycles. The molecule has 2 heterocycles. The van der Waals surface area contributed by atoms with E-state index in [-0.39, 0.29) is 17.3 Å². The molecule has 8 heteroatoms. The molecular formula is C10H12N2O4S2. The Kier molecular flexibility index (Phi) is 3.76. The van der Waals surface area contributed by atoms with Gasteiger partial charge in [0.25, 0.3) is 0 Å². The minimum absolute atomic E-state index is 0.0848. The van der Waals surface area contributed by atoms with Gasteiger partial charge in [0.2, 0.25) is 5.91 Å². The zero-order valence-electron chi connectivity index (χ0n) is 9.66. The predicted molar refractivity (Wildman–Crippen MR) is 68.9 cm³/mol. The molecule has 0 radical (unpaired) electrons. The Hall–Kier alpha value is -1.28. The number of carbonyl (C=O) groups excluding carboxylic acids is 1. The fourth-order valence-corrected chi connectivity index (χ4v) is 3.62. The molecule has 1 amide bonds. The number of amides is 1. The van der Waals surface area contributed by atoms with E-state index in [1.54, 1.807) is 12.3 Å². The van der Waals surface area contributed by atoms with Crippen molar-refractivity contribution in [1.82, 2.24) is 9.47 Å². The molecule has 0 saturated carbocycles. The van der Waals surface area contributed by atoms with Gasteiger partial charge >= 0.3 is 10.8 Å². The van der Waals surface area contributed by atoms with Crippen molar-refractivity contribution in [2.75, 3.05) is 11.6 Å². The minimum atomic E-state index is -0.997. The highest BCUT2D eigenvalue weighted by molar-refractivity contribution is 7.99. The van der Waals surface area contributed by atoms with Crippen LogP contribution in [0.15, 0.2) is 10.2 Å². The maximum absolute atomic E-state index is 12.0. The van der Waals surface area contributed by atoms with Gasteiger partial charge in [-0.3, -0.25) is 14.2 Å². The summed E-state index contributed by atoms with van der Waals surface area (Å²) < 4.78 is 1.37. The fourth-order valence-electron chi connectivity index (χ4n) is 1.72. The molecule has 0 spiro atoms. The lowest BCUT2D eigenvalue weighted by Crippen LogP contribution is -2.44. The SMILES string of the molecule is Cc1csc(=O)n1CC(=O)N1CSCC1C(=O)O.